The normalized spacial score (nSPS) is 10.7. The fraction of sp³-hybridized carbons (Fsp3) is 0.194. The maximum absolute atomic E-state index is 11.0. The van der Waals surface area contributed by atoms with E-state index in [9.17, 15) is 9.90 Å². The molecule has 4 rings (SSSR count). The van der Waals surface area contributed by atoms with Crippen molar-refractivity contribution in [2.75, 3.05) is 6.54 Å². The van der Waals surface area contributed by atoms with E-state index >= 15 is 0 Å². The van der Waals surface area contributed by atoms with Gasteiger partial charge in [-0.25, -0.2) is 0 Å². The third kappa shape index (κ3) is 6.89. The summed E-state index contributed by atoms with van der Waals surface area (Å²) in [6.07, 6.45) is 3.08. The molecule has 3 aromatic carbocycles. The number of phenolic OH excluding ortho intramolecular Hbond substituents is 1. The number of rotatable bonds is 11. The zero-order valence-corrected chi connectivity index (χ0v) is 22.8. The summed E-state index contributed by atoms with van der Waals surface area (Å²) in [4.78, 5) is 15.0. The summed E-state index contributed by atoms with van der Waals surface area (Å²) in [6, 6.07) is 18.5. The second kappa shape index (κ2) is 13.0. The third-order valence-electron chi connectivity index (χ3n) is 6.45. The van der Waals surface area contributed by atoms with Crippen LogP contribution in [0, 0.1) is 25.2 Å². The summed E-state index contributed by atoms with van der Waals surface area (Å²) >= 11 is 6.57. The van der Waals surface area contributed by atoms with Gasteiger partial charge < -0.3 is 25.0 Å². The van der Waals surface area contributed by atoms with E-state index in [1.807, 2.05) is 44.2 Å². The van der Waals surface area contributed by atoms with Crippen molar-refractivity contribution in [2.45, 2.75) is 33.6 Å². The highest BCUT2D eigenvalue weighted by Gasteiger charge is 2.15. The lowest BCUT2D eigenvalue weighted by Gasteiger charge is -2.17. The number of carbonyl (C=O) groups is 1. The number of nitriles is 1. The van der Waals surface area contributed by atoms with Crippen molar-refractivity contribution in [3.63, 3.8) is 0 Å². The van der Waals surface area contributed by atoms with Crippen molar-refractivity contribution in [3.8, 4) is 34.4 Å². The molecule has 0 bridgehead atoms. The summed E-state index contributed by atoms with van der Waals surface area (Å²) in [7, 11) is 0. The molecule has 3 N–H and O–H groups in total. The monoisotopic (exact) mass is 557 g/mol. The van der Waals surface area contributed by atoms with E-state index in [4.69, 9.17) is 31.4 Å². The van der Waals surface area contributed by atoms with Gasteiger partial charge in [0.15, 0.2) is 0 Å². The Morgan fingerprint density at radius 1 is 0.975 bits per heavy atom. The van der Waals surface area contributed by atoms with Crippen LogP contribution in [0.5, 0.6) is 17.2 Å². The molecule has 0 amide bonds. The predicted molar refractivity (Wildman–Crippen MR) is 151 cm³/mol. The summed E-state index contributed by atoms with van der Waals surface area (Å²) < 4.78 is 12.2. The molecule has 1 aromatic heterocycles. The highest BCUT2D eigenvalue weighted by atomic mass is 35.5. The number of carboxylic acids is 1. The molecule has 8 nitrogen and oxygen atoms in total. The molecule has 204 valence electrons. The number of ether oxygens (including phenoxy) is 2. The number of aromatic hydroxyl groups is 1. The van der Waals surface area contributed by atoms with Crippen LogP contribution in [0.25, 0.3) is 11.1 Å². The van der Waals surface area contributed by atoms with Crippen molar-refractivity contribution in [1.29, 1.82) is 5.26 Å². The predicted octanol–water partition coefficient (Wildman–Crippen LogP) is 5.93. The van der Waals surface area contributed by atoms with Gasteiger partial charge in [0.05, 0.1) is 17.1 Å². The Morgan fingerprint density at radius 3 is 2.45 bits per heavy atom. The minimum atomic E-state index is -0.980. The fourth-order valence-electron chi connectivity index (χ4n) is 4.25. The van der Waals surface area contributed by atoms with Gasteiger partial charge in [-0.2, -0.15) is 5.26 Å². The summed E-state index contributed by atoms with van der Waals surface area (Å²) in [5.41, 5.74) is 6.49. The largest absolute Gasteiger partial charge is 0.508 e. The molecule has 0 spiro atoms. The van der Waals surface area contributed by atoms with Crippen LogP contribution >= 0.6 is 11.6 Å². The average Bonchev–Trinajstić information content (AvgIpc) is 2.94. The Kier molecular flexibility index (Phi) is 9.23. The van der Waals surface area contributed by atoms with Crippen LogP contribution in [0.1, 0.15) is 33.4 Å². The number of hydrogen-bond acceptors (Lipinski definition) is 7. The molecule has 40 heavy (non-hydrogen) atoms. The lowest BCUT2D eigenvalue weighted by atomic mass is 9.93. The molecule has 0 saturated carbocycles. The van der Waals surface area contributed by atoms with Crippen LogP contribution < -0.4 is 14.8 Å². The zero-order chi connectivity index (χ0) is 28.6. The molecule has 0 aliphatic carbocycles. The number of phenols is 1. The van der Waals surface area contributed by atoms with Gasteiger partial charge in [-0.1, -0.05) is 41.9 Å². The summed E-state index contributed by atoms with van der Waals surface area (Å²) in [5.74, 6) is 0.124. The number of nitrogens with zero attached hydrogens (tertiary/aromatic N) is 2. The van der Waals surface area contributed by atoms with Crippen molar-refractivity contribution in [3.05, 3.63) is 105 Å². The SMILES string of the molecule is Cc1c(O)cccc1-c1cccc(COc2cc(OCc3cncc(C#N)c3)c(CNCC(=O)O)cc2Cl)c1C. The quantitative estimate of drug-likeness (QED) is 0.207. The number of carboxylic acid groups (broad SMARTS) is 1. The smallest absolute Gasteiger partial charge is 0.317 e. The van der Waals surface area contributed by atoms with Crippen LogP contribution in [0.15, 0.2) is 67.0 Å². The molecular weight excluding hydrogens is 530 g/mol. The highest BCUT2D eigenvalue weighted by Crippen LogP contribution is 2.36. The first-order chi connectivity index (χ1) is 19.3. The molecule has 0 radical (unpaired) electrons. The Labute approximate surface area is 237 Å². The first-order valence-electron chi connectivity index (χ1n) is 12.5. The minimum absolute atomic E-state index is 0.139. The number of hydrogen-bond donors (Lipinski definition) is 3. The van der Waals surface area contributed by atoms with E-state index < -0.39 is 5.97 Å². The average molecular weight is 558 g/mol. The van der Waals surface area contributed by atoms with Gasteiger partial charge in [-0.3, -0.25) is 9.78 Å². The van der Waals surface area contributed by atoms with E-state index in [1.54, 1.807) is 30.5 Å². The van der Waals surface area contributed by atoms with E-state index in [0.29, 0.717) is 33.2 Å². The maximum Gasteiger partial charge on any atom is 0.317 e. The molecule has 0 atom stereocenters. The van der Waals surface area contributed by atoms with E-state index in [2.05, 4.69) is 16.4 Å². The Morgan fingerprint density at radius 2 is 1.70 bits per heavy atom. The molecular formula is C31H28ClN3O5. The van der Waals surface area contributed by atoms with Crippen LogP contribution in [-0.4, -0.2) is 27.7 Å². The van der Waals surface area contributed by atoms with E-state index in [1.165, 1.54) is 6.20 Å². The number of aromatic nitrogens is 1. The van der Waals surface area contributed by atoms with Crippen molar-refractivity contribution in [2.24, 2.45) is 0 Å². The Hall–Kier alpha value is -4.58. The van der Waals surface area contributed by atoms with Crippen LogP contribution in [-0.2, 0) is 24.6 Å². The first kappa shape index (κ1) is 28.4. The lowest BCUT2D eigenvalue weighted by Crippen LogP contribution is -2.22. The minimum Gasteiger partial charge on any atom is -0.508 e. The molecule has 0 aliphatic rings. The number of aliphatic carboxylic acids is 1. The van der Waals surface area contributed by atoms with Gasteiger partial charge in [-0.05, 0) is 59.9 Å². The van der Waals surface area contributed by atoms with Crippen LogP contribution in [0.3, 0.4) is 0 Å². The highest BCUT2D eigenvalue weighted by molar-refractivity contribution is 6.32. The zero-order valence-electron chi connectivity index (χ0n) is 22.1. The van der Waals surface area contributed by atoms with Gasteiger partial charge in [0.25, 0.3) is 0 Å². The second-order valence-electron chi connectivity index (χ2n) is 9.20. The van der Waals surface area contributed by atoms with Crippen molar-refractivity contribution in [1.82, 2.24) is 10.3 Å². The molecule has 4 aromatic rings. The van der Waals surface area contributed by atoms with Crippen molar-refractivity contribution < 1.29 is 24.5 Å². The molecule has 9 heteroatoms. The van der Waals surface area contributed by atoms with E-state index in [-0.39, 0.29) is 32.1 Å². The second-order valence-corrected chi connectivity index (χ2v) is 9.61. The van der Waals surface area contributed by atoms with Gasteiger partial charge in [0.2, 0.25) is 0 Å². The maximum atomic E-state index is 11.0. The first-order valence-corrected chi connectivity index (χ1v) is 12.9. The molecule has 0 unspecified atom stereocenters. The summed E-state index contributed by atoms with van der Waals surface area (Å²) in [5, 5.41) is 31.5. The van der Waals surface area contributed by atoms with Crippen LogP contribution in [0.4, 0.5) is 0 Å². The van der Waals surface area contributed by atoms with Crippen molar-refractivity contribution >= 4 is 17.6 Å². The van der Waals surface area contributed by atoms with Gasteiger partial charge in [0, 0.05) is 36.1 Å². The van der Waals surface area contributed by atoms with Gasteiger partial charge >= 0.3 is 5.97 Å². The third-order valence-corrected chi connectivity index (χ3v) is 6.74. The standard InChI is InChI=1S/C31H28ClN3O5/c1-19-23(5-3-6-25(19)26-7-4-8-28(36)20(26)2)18-40-30-11-29(24(10-27(30)32)15-35-16-31(37)38)39-17-22-9-21(12-33)13-34-14-22/h3-11,13-14,35-36H,15-18H2,1-2H3,(H,37,38). The Balaban J connectivity index is 1.58. The van der Waals surface area contributed by atoms with Crippen LogP contribution in [0.2, 0.25) is 5.02 Å². The number of nitrogens with one attached hydrogen (secondary N) is 1. The molecule has 0 saturated heterocycles. The van der Waals surface area contributed by atoms with Gasteiger partial charge in [-0.15, -0.1) is 0 Å². The fourth-order valence-corrected chi connectivity index (χ4v) is 4.50. The lowest BCUT2D eigenvalue weighted by molar-refractivity contribution is -0.136. The number of benzene rings is 3. The number of halogens is 1. The molecule has 0 fully saturated rings. The topological polar surface area (TPSA) is 125 Å². The van der Waals surface area contributed by atoms with E-state index in [0.717, 1.165) is 27.8 Å². The Bertz CT molecular complexity index is 1580. The molecule has 1 heterocycles. The molecule has 0 aliphatic heterocycles. The summed E-state index contributed by atoms with van der Waals surface area (Å²) in [6.45, 7) is 4.25. The van der Waals surface area contributed by atoms with Gasteiger partial charge in [0.1, 0.15) is 36.5 Å². The number of pyridine rings is 1.